The van der Waals surface area contributed by atoms with E-state index in [2.05, 4.69) is 4.98 Å². The summed E-state index contributed by atoms with van der Waals surface area (Å²) in [4.78, 5) is 29.6. The molecule has 2 heterocycles. The number of nitrogens with zero attached hydrogens (tertiary/aromatic N) is 2. The molecule has 0 unspecified atom stereocenters. The lowest BCUT2D eigenvalue weighted by molar-refractivity contribution is 0.0979. The standard InChI is InChI=1S/C15H8N2O2S/c18-12-9-5-1-2-6-10(9)13(19)14-11(12)16-15(20-14)17-7-3-4-8-17/h1-8H. The SMILES string of the molecule is O=C1c2ccccc2C(=O)c2sc(-n3cccc3)nc21. The van der Waals surface area contributed by atoms with Crippen LogP contribution in [-0.2, 0) is 0 Å². The molecule has 20 heavy (non-hydrogen) atoms. The van der Waals surface area contributed by atoms with Gasteiger partial charge in [-0.3, -0.25) is 9.59 Å². The third-order valence-electron chi connectivity index (χ3n) is 3.28. The fraction of sp³-hybridized carbons (Fsp3) is 0. The summed E-state index contributed by atoms with van der Waals surface area (Å²) in [5.74, 6) is -0.295. The van der Waals surface area contributed by atoms with Crippen LogP contribution in [0.2, 0.25) is 0 Å². The third kappa shape index (κ3) is 1.44. The largest absolute Gasteiger partial charge is 0.300 e. The van der Waals surface area contributed by atoms with Gasteiger partial charge in [-0.1, -0.05) is 35.6 Å². The van der Waals surface area contributed by atoms with Gasteiger partial charge < -0.3 is 4.57 Å². The number of carbonyl (C=O) groups excluding carboxylic acids is 2. The molecule has 0 bridgehead atoms. The molecule has 0 aliphatic heterocycles. The average Bonchev–Trinajstić information content (AvgIpc) is 3.13. The van der Waals surface area contributed by atoms with Gasteiger partial charge in [0.25, 0.3) is 0 Å². The van der Waals surface area contributed by atoms with E-state index in [-0.39, 0.29) is 17.3 Å². The lowest BCUT2D eigenvalue weighted by atomic mass is 9.91. The molecule has 0 atom stereocenters. The van der Waals surface area contributed by atoms with Crippen molar-refractivity contribution in [2.75, 3.05) is 0 Å². The molecule has 4 nitrogen and oxygen atoms in total. The van der Waals surface area contributed by atoms with E-state index in [1.165, 1.54) is 11.3 Å². The second kappa shape index (κ2) is 3.98. The Bertz CT molecular complexity index is 794. The Labute approximate surface area is 118 Å². The van der Waals surface area contributed by atoms with E-state index in [1.807, 2.05) is 24.5 Å². The summed E-state index contributed by atoms with van der Waals surface area (Å²) in [6.07, 6.45) is 3.68. The zero-order valence-electron chi connectivity index (χ0n) is 10.2. The topological polar surface area (TPSA) is 52.0 Å². The van der Waals surface area contributed by atoms with Crippen molar-refractivity contribution in [1.29, 1.82) is 0 Å². The molecule has 2 aromatic heterocycles. The van der Waals surface area contributed by atoms with Gasteiger partial charge in [0.2, 0.25) is 11.6 Å². The fourth-order valence-corrected chi connectivity index (χ4v) is 3.30. The van der Waals surface area contributed by atoms with Gasteiger partial charge in [-0.15, -0.1) is 0 Å². The number of benzene rings is 1. The number of thiazole rings is 1. The number of carbonyl (C=O) groups is 2. The first-order valence-electron chi connectivity index (χ1n) is 6.08. The van der Waals surface area contributed by atoms with E-state index in [0.717, 1.165) is 0 Å². The minimum absolute atomic E-state index is 0.119. The highest BCUT2D eigenvalue weighted by molar-refractivity contribution is 7.16. The number of hydrogen-bond donors (Lipinski definition) is 0. The summed E-state index contributed by atoms with van der Waals surface area (Å²) in [5.41, 5.74) is 1.17. The second-order valence-corrected chi connectivity index (χ2v) is 5.45. The molecule has 0 fully saturated rings. The molecule has 5 heteroatoms. The van der Waals surface area contributed by atoms with E-state index < -0.39 is 0 Å². The molecule has 96 valence electrons. The molecule has 0 N–H and O–H groups in total. The zero-order chi connectivity index (χ0) is 13.7. The molecule has 0 saturated heterocycles. The third-order valence-corrected chi connectivity index (χ3v) is 4.35. The summed E-state index contributed by atoms with van der Waals surface area (Å²) in [5, 5.41) is 0.634. The number of aromatic nitrogens is 2. The van der Waals surface area contributed by atoms with Crippen LogP contribution in [0.3, 0.4) is 0 Å². The van der Waals surface area contributed by atoms with Gasteiger partial charge in [0.1, 0.15) is 10.6 Å². The van der Waals surface area contributed by atoms with Gasteiger partial charge in [-0.25, -0.2) is 4.98 Å². The van der Waals surface area contributed by atoms with Crippen LogP contribution < -0.4 is 0 Å². The molecule has 0 saturated carbocycles. The Balaban J connectivity index is 1.94. The first-order chi connectivity index (χ1) is 9.75. The van der Waals surface area contributed by atoms with Gasteiger partial charge in [0, 0.05) is 23.5 Å². The van der Waals surface area contributed by atoms with Crippen LogP contribution in [0.4, 0.5) is 0 Å². The lowest BCUT2D eigenvalue weighted by Gasteiger charge is -2.11. The maximum atomic E-state index is 12.4. The van der Waals surface area contributed by atoms with Crippen LogP contribution in [0.25, 0.3) is 5.13 Å². The molecular formula is C15H8N2O2S. The van der Waals surface area contributed by atoms with Crippen molar-refractivity contribution < 1.29 is 9.59 Å². The van der Waals surface area contributed by atoms with Crippen LogP contribution in [0, 0.1) is 0 Å². The highest BCUT2D eigenvalue weighted by atomic mass is 32.1. The molecule has 0 spiro atoms. The Kier molecular flexibility index (Phi) is 2.25. The molecule has 0 radical (unpaired) electrons. The smallest absolute Gasteiger partial charge is 0.213 e. The number of fused-ring (bicyclic) bond motifs is 2. The van der Waals surface area contributed by atoms with Crippen molar-refractivity contribution >= 4 is 22.9 Å². The highest BCUT2D eigenvalue weighted by Gasteiger charge is 2.33. The summed E-state index contributed by atoms with van der Waals surface area (Å²) in [7, 11) is 0. The van der Waals surface area contributed by atoms with Gasteiger partial charge in [0.15, 0.2) is 5.13 Å². The van der Waals surface area contributed by atoms with E-state index in [4.69, 9.17) is 0 Å². The van der Waals surface area contributed by atoms with Crippen molar-refractivity contribution in [2.24, 2.45) is 0 Å². The molecule has 0 amide bonds. The maximum absolute atomic E-state index is 12.4. The quantitative estimate of drug-likeness (QED) is 0.538. The summed E-state index contributed by atoms with van der Waals surface area (Å²) >= 11 is 1.25. The molecule has 4 rings (SSSR count). The van der Waals surface area contributed by atoms with Gasteiger partial charge in [-0.2, -0.15) is 0 Å². The van der Waals surface area contributed by atoms with Gasteiger partial charge in [-0.05, 0) is 12.1 Å². The van der Waals surface area contributed by atoms with E-state index in [9.17, 15) is 9.59 Å². The lowest BCUT2D eigenvalue weighted by Crippen LogP contribution is -2.19. The normalized spacial score (nSPS) is 13.2. The van der Waals surface area contributed by atoms with Crippen molar-refractivity contribution in [3.8, 4) is 5.13 Å². The summed E-state index contributed by atoms with van der Waals surface area (Å²) in [6.45, 7) is 0. The Hall–Kier alpha value is -2.53. The van der Waals surface area contributed by atoms with Gasteiger partial charge >= 0.3 is 0 Å². The number of hydrogen-bond acceptors (Lipinski definition) is 4. The van der Waals surface area contributed by atoms with E-state index >= 15 is 0 Å². The van der Waals surface area contributed by atoms with E-state index in [0.29, 0.717) is 21.1 Å². The molecule has 1 aliphatic carbocycles. The first kappa shape index (κ1) is 11.3. The fourth-order valence-electron chi connectivity index (χ4n) is 2.32. The first-order valence-corrected chi connectivity index (χ1v) is 6.90. The van der Waals surface area contributed by atoms with Gasteiger partial charge in [0.05, 0.1) is 0 Å². The summed E-state index contributed by atoms with van der Waals surface area (Å²) < 4.78 is 1.80. The second-order valence-electron chi connectivity index (χ2n) is 4.47. The van der Waals surface area contributed by atoms with Crippen molar-refractivity contribution in [3.63, 3.8) is 0 Å². The molecule has 3 aromatic rings. The number of rotatable bonds is 1. The predicted octanol–water partition coefficient (Wildman–Crippen LogP) is 2.71. The molecule has 1 aromatic carbocycles. The average molecular weight is 280 g/mol. The Morgan fingerprint density at radius 3 is 2.25 bits per heavy atom. The minimum Gasteiger partial charge on any atom is -0.300 e. The van der Waals surface area contributed by atoms with Crippen LogP contribution in [0.5, 0.6) is 0 Å². The van der Waals surface area contributed by atoms with E-state index in [1.54, 1.807) is 28.8 Å². The molecular weight excluding hydrogens is 272 g/mol. The number of ketones is 2. The monoisotopic (exact) mass is 280 g/mol. The van der Waals surface area contributed by atoms with Crippen LogP contribution in [0.1, 0.15) is 31.3 Å². The van der Waals surface area contributed by atoms with Crippen LogP contribution in [-0.4, -0.2) is 21.1 Å². The van der Waals surface area contributed by atoms with Crippen molar-refractivity contribution in [1.82, 2.24) is 9.55 Å². The van der Waals surface area contributed by atoms with Crippen LogP contribution >= 0.6 is 11.3 Å². The Morgan fingerprint density at radius 1 is 0.900 bits per heavy atom. The highest BCUT2D eigenvalue weighted by Crippen LogP contribution is 2.32. The Morgan fingerprint density at radius 2 is 1.55 bits per heavy atom. The molecule has 1 aliphatic rings. The van der Waals surface area contributed by atoms with Crippen molar-refractivity contribution in [3.05, 3.63) is 70.5 Å². The predicted molar refractivity (Wildman–Crippen MR) is 74.7 cm³/mol. The zero-order valence-corrected chi connectivity index (χ0v) is 11.1. The van der Waals surface area contributed by atoms with Crippen molar-refractivity contribution in [2.45, 2.75) is 0 Å². The maximum Gasteiger partial charge on any atom is 0.213 e. The summed E-state index contributed by atoms with van der Waals surface area (Å²) in [6, 6.07) is 10.6. The minimum atomic E-state index is -0.176. The van der Waals surface area contributed by atoms with Crippen LogP contribution in [0.15, 0.2) is 48.8 Å².